The molecule has 0 aromatic heterocycles. The van der Waals surface area contributed by atoms with Gasteiger partial charge in [-0.25, -0.2) is 4.99 Å². The number of thioether (sulfide) groups is 2. The van der Waals surface area contributed by atoms with Crippen molar-refractivity contribution in [3.05, 3.63) is 59.7 Å². The van der Waals surface area contributed by atoms with Crippen molar-refractivity contribution in [2.24, 2.45) is 4.99 Å². The average Bonchev–Trinajstić information content (AvgIpc) is 2.69. The zero-order valence-corrected chi connectivity index (χ0v) is 17.0. The summed E-state index contributed by atoms with van der Waals surface area (Å²) in [6, 6.07) is 18.1. The number of anilines is 1. The normalized spacial score (nSPS) is 13.9. The summed E-state index contributed by atoms with van der Waals surface area (Å²) >= 11 is 3.16. The van der Waals surface area contributed by atoms with Gasteiger partial charge < -0.3 is 4.90 Å². The zero-order chi connectivity index (χ0) is 19.2. The minimum Gasteiger partial charge on any atom is -0.310 e. The minimum atomic E-state index is -0.276. The van der Waals surface area contributed by atoms with E-state index in [1.165, 1.54) is 17.3 Å². The fourth-order valence-corrected chi connectivity index (χ4v) is 5.00. The first kappa shape index (κ1) is 19.5. The highest BCUT2D eigenvalue weighted by Gasteiger charge is 2.25. The molecule has 27 heavy (non-hydrogen) atoms. The molecular formula is C21H21N3OS2. The Kier molecular flexibility index (Phi) is 6.59. The molecule has 0 N–H and O–H groups in total. The summed E-state index contributed by atoms with van der Waals surface area (Å²) < 4.78 is 0.915. The molecule has 1 heterocycles. The van der Waals surface area contributed by atoms with Crippen molar-refractivity contribution in [2.45, 2.75) is 31.3 Å². The maximum atomic E-state index is 13.1. The van der Waals surface area contributed by atoms with E-state index in [0.29, 0.717) is 13.0 Å². The quantitative estimate of drug-likeness (QED) is 0.689. The van der Waals surface area contributed by atoms with Gasteiger partial charge >= 0.3 is 0 Å². The number of carbonyl (C=O) groups is 1. The molecule has 1 aliphatic rings. The number of fused-ring (bicyclic) bond motifs is 1. The molecule has 2 aromatic rings. The van der Waals surface area contributed by atoms with E-state index in [4.69, 9.17) is 10.3 Å². The fourth-order valence-electron chi connectivity index (χ4n) is 2.75. The van der Waals surface area contributed by atoms with Crippen LogP contribution in [0.3, 0.4) is 0 Å². The summed E-state index contributed by atoms with van der Waals surface area (Å²) in [6.07, 6.45) is 0.306. The number of rotatable bonds is 5. The van der Waals surface area contributed by atoms with E-state index in [1.54, 1.807) is 16.7 Å². The van der Waals surface area contributed by atoms with Gasteiger partial charge in [-0.1, -0.05) is 59.4 Å². The van der Waals surface area contributed by atoms with Crippen LogP contribution >= 0.6 is 23.5 Å². The van der Waals surface area contributed by atoms with Gasteiger partial charge in [0.1, 0.15) is 4.38 Å². The van der Waals surface area contributed by atoms with Gasteiger partial charge in [0.2, 0.25) is 5.91 Å². The van der Waals surface area contributed by atoms with Crippen molar-refractivity contribution in [2.75, 3.05) is 11.4 Å². The van der Waals surface area contributed by atoms with Crippen LogP contribution in [0.1, 0.15) is 24.5 Å². The third-order valence-electron chi connectivity index (χ3n) is 4.24. The van der Waals surface area contributed by atoms with Crippen LogP contribution in [-0.4, -0.2) is 22.1 Å². The highest BCUT2D eigenvalue weighted by molar-refractivity contribution is 8.39. The predicted molar refractivity (Wildman–Crippen MR) is 116 cm³/mol. The molecule has 0 spiro atoms. The zero-order valence-electron chi connectivity index (χ0n) is 15.4. The minimum absolute atomic E-state index is 0.00117. The molecule has 0 bridgehead atoms. The molecule has 1 atom stereocenters. The second-order valence-electron chi connectivity index (χ2n) is 6.29. The first-order valence-electron chi connectivity index (χ1n) is 8.79. The maximum absolute atomic E-state index is 13.1. The Bertz CT molecular complexity index is 887. The van der Waals surface area contributed by atoms with Gasteiger partial charge in [-0.3, -0.25) is 4.79 Å². The lowest BCUT2D eigenvalue weighted by Crippen LogP contribution is -2.37. The lowest BCUT2D eigenvalue weighted by atomic mass is 10.2. The highest BCUT2D eigenvalue weighted by Crippen LogP contribution is 2.36. The fraction of sp³-hybridized carbons (Fsp3) is 0.286. The van der Waals surface area contributed by atoms with E-state index in [0.717, 1.165) is 27.1 Å². The van der Waals surface area contributed by atoms with Crippen molar-refractivity contribution in [1.82, 2.24) is 0 Å². The maximum Gasteiger partial charge on any atom is 0.240 e. The number of hydrogen-bond acceptors (Lipinski definition) is 5. The van der Waals surface area contributed by atoms with Crippen molar-refractivity contribution < 1.29 is 4.79 Å². The number of aliphatic imine (C=N–C) groups is 1. The predicted octanol–water partition coefficient (Wildman–Crippen LogP) is 5.30. The second kappa shape index (κ2) is 9.12. The number of aryl methyl sites for hydroxylation is 1. The van der Waals surface area contributed by atoms with E-state index in [9.17, 15) is 4.79 Å². The van der Waals surface area contributed by atoms with E-state index in [-0.39, 0.29) is 11.2 Å². The SMILES string of the molecule is Cc1ccc(N(CCC#N)C(=O)C(C)SC2=Nc3ccccc3CS2)cc1. The van der Waals surface area contributed by atoms with Crippen LogP contribution < -0.4 is 4.90 Å². The van der Waals surface area contributed by atoms with Crippen LogP contribution in [0, 0.1) is 18.3 Å². The molecule has 1 amide bonds. The summed E-state index contributed by atoms with van der Waals surface area (Å²) in [6.45, 7) is 4.32. The summed E-state index contributed by atoms with van der Waals surface area (Å²) in [4.78, 5) is 19.5. The largest absolute Gasteiger partial charge is 0.310 e. The van der Waals surface area contributed by atoms with Gasteiger partial charge in [0.15, 0.2) is 0 Å². The van der Waals surface area contributed by atoms with E-state index in [1.807, 2.05) is 56.3 Å². The van der Waals surface area contributed by atoms with Gasteiger partial charge in [-0.15, -0.1) is 0 Å². The third-order valence-corrected chi connectivity index (χ3v) is 6.52. The monoisotopic (exact) mass is 395 g/mol. The molecule has 1 aliphatic heterocycles. The topological polar surface area (TPSA) is 56.5 Å². The first-order chi connectivity index (χ1) is 13.1. The van der Waals surface area contributed by atoms with E-state index >= 15 is 0 Å². The first-order valence-corrected chi connectivity index (χ1v) is 10.7. The molecule has 6 heteroatoms. The van der Waals surface area contributed by atoms with Crippen LogP contribution in [0.4, 0.5) is 11.4 Å². The molecule has 1 unspecified atom stereocenters. The van der Waals surface area contributed by atoms with Gasteiger partial charge in [0.25, 0.3) is 0 Å². The van der Waals surface area contributed by atoms with Crippen molar-refractivity contribution >= 4 is 45.2 Å². The van der Waals surface area contributed by atoms with Crippen molar-refractivity contribution in [3.63, 3.8) is 0 Å². The van der Waals surface area contributed by atoms with Crippen LogP contribution in [0.15, 0.2) is 53.5 Å². The van der Waals surface area contributed by atoms with Crippen molar-refractivity contribution in [1.29, 1.82) is 5.26 Å². The van der Waals surface area contributed by atoms with Gasteiger partial charge in [0.05, 0.1) is 23.4 Å². The van der Waals surface area contributed by atoms with Crippen molar-refractivity contribution in [3.8, 4) is 6.07 Å². The Morgan fingerprint density at radius 2 is 2.04 bits per heavy atom. The summed E-state index contributed by atoms with van der Waals surface area (Å²) in [7, 11) is 0. The molecule has 3 rings (SSSR count). The number of benzene rings is 2. The Balaban J connectivity index is 1.74. The van der Waals surface area contributed by atoms with Crippen LogP contribution in [-0.2, 0) is 10.5 Å². The Morgan fingerprint density at radius 3 is 2.78 bits per heavy atom. The number of amides is 1. The lowest BCUT2D eigenvalue weighted by Gasteiger charge is -2.25. The number of para-hydroxylation sites is 1. The van der Waals surface area contributed by atoms with Gasteiger partial charge in [-0.05, 0) is 37.6 Å². The number of nitrogens with zero attached hydrogens (tertiary/aromatic N) is 3. The molecule has 0 saturated heterocycles. The smallest absolute Gasteiger partial charge is 0.240 e. The molecule has 2 aromatic carbocycles. The molecule has 4 nitrogen and oxygen atoms in total. The molecule has 138 valence electrons. The molecule has 0 fully saturated rings. The summed E-state index contributed by atoms with van der Waals surface area (Å²) in [5.41, 5.74) is 4.18. The summed E-state index contributed by atoms with van der Waals surface area (Å²) in [5.74, 6) is 0.875. The molecular weight excluding hydrogens is 374 g/mol. The Labute approximate surface area is 168 Å². The Morgan fingerprint density at radius 1 is 1.30 bits per heavy atom. The highest BCUT2D eigenvalue weighted by atomic mass is 32.2. The number of nitriles is 1. The second-order valence-corrected chi connectivity index (χ2v) is 8.84. The number of hydrogen-bond donors (Lipinski definition) is 0. The number of carbonyl (C=O) groups excluding carboxylic acids is 1. The van der Waals surface area contributed by atoms with Gasteiger partial charge in [0, 0.05) is 18.0 Å². The summed E-state index contributed by atoms with van der Waals surface area (Å²) in [5, 5.41) is 8.69. The van der Waals surface area contributed by atoms with Gasteiger partial charge in [-0.2, -0.15) is 5.26 Å². The molecule has 0 radical (unpaired) electrons. The third kappa shape index (κ3) is 4.94. The van der Waals surface area contributed by atoms with Crippen LogP contribution in [0.25, 0.3) is 0 Å². The van der Waals surface area contributed by atoms with E-state index < -0.39 is 0 Å². The van der Waals surface area contributed by atoms with E-state index in [2.05, 4.69) is 12.1 Å². The standard InChI is InChI=1S/C21H21N3OS2/c1-15-8-10-18(11-9-15)24(13-5-12-22)20(25)16(2)27-21-23-19-7-4-3-6-17(19)14-26-21/h3-4,6-11,16H,5,13-14H2,1-2H3. The Hall–Kier alpha value is -2.23. The molecule has 0 saturated carbocycles. The molecule has 0 aliphatic carbocycles. The van der Waals surface area contributed by atoms with Crippen LogP contribution in [0.5, 0.6) is 0 Å². The lowest BCUT2D eigenvalue weighted by molar-refractivity contribution is -0.117. The van der Waals surface area contributed by atoms with Crippen LogP contribution in [0.2, 0.25) is 0 Å². The average molecular weight is 396 g/mol.